The standard InChI is InChI=1S/C17H18N2O5S/c18-17(19,25(22,23)24)14(11-13-6-2-4-8-16(13)21)10-9-12-5-1-3-7-15(12)20/h1-11,20-21H,18-19H2,(H,22,23,24). The Morgan fingerprint density at radius 2 is 1.40 bits per heavy atom. The van der Waals surface area contributed by atoms with E-state index in [9.17, 15) is 23.2 Å². The van der Waals surface area contributed by atoms with Gasteiger partial charge in [0.25, 0.3) is 0 Å². The van der Waals surface area contributed by atoms with E-state index in [0.29, 0.717) is 5.56 Å². The molecule has 2 aromatic carbocycles. The number of hydrogen-bond donors (Lipinski definition) is 5. The summed E-state index contributed by atoms with van der Waals surface area (Å²) in [5.74, 6) is -0.158. The van der Waals surface area contributed by atoms with Gasteiger partial charge >= 0.3 is 10.1 Å². The highest BCUT2D eigenvalue weighted by Gasteiger charge is 2.37. The van der Waals surface area contributed by atoms with Crippen molar-refractivity contribution in [3.8, 4) is 11.5 Å². The maximum absolute atomic E-state index is 11.6. The third-order valence-corrected chi connectivity index (χ3v) is 4.59. The summed E-state index contributed by atoms with van der Waals surface area (Å²) in [4.78, 5) is -2.61. The third-order valence-electron chi connectivity index (χ3n) is 3.50. The molecule has 0 amide bonds. The lowest BCUT2D eigenvalue weighted by Crippen LogP contribution is -2.57. The molecule has 0 aliphatic carbocycles. The van der Waals surface area contributed by atoms with Crippen molar-refractivity contribution in [1.29, 1.82) is 0 Å². The summed E-state index contributed by atoms with van der Waals surface area (Å²) in [6.45, 7) is 0. The minimum atomic E-state index is -4.86. The number of para-hydroxylation sites is 2. The van der Waals surface area contributed by atoms with E-state index in [0.717, 1.165) is 0 Å². The maximum Gasteiger partial charge on any atom is 0.302 e. The SMILES string of the molecule is NC(N)(C(C=Cc1ccccc1O)=Cc1ccccc1O)S(=O)(=O)O. The number of nitrogens with two attached hydrogens (primary N) is 2. The van der Waals surface area contributed by atoms with E-state index in [-0.39, 0.29) is 22.6 Å². The Kier molecular flexibility index (Phi) is 5.29. The van der Waals surface area contributed by atoms with E-state index in [1.807, 2.05) is 0 Å². The van der Waals surface area contributed by atoms with E-state index >= 15 is 0 Å². The molecular formula is C17H18N2O5S. The molecule has 0 bridgehead atoms. The van der Waals surface area contributed by atoms with E-state index in [2.05, 4.69) is 0 Å². The van der Waals surface area contributed by atoms with Crippen LogP contribution in [0.3, 0.4) is 0 Å². The van der Waals surface area contributed by atoms with E-state index in [1.165, 1.54) is 36.4 Å². The van der Waals surface area contributed by atoms with Crippen LogP contribution in [-0.4, -0.2) is 28.2 Å². The maximum atomic E-state index is 11.6. The van der Waals surface area contributed by atoms with Crippen molar-refractivity contribution in [2.45, 2.75) is 4.99 Å². The number of benzene rings is 2. The average Bonchev–Trinajstić information content (AvgIpc) is 2.53. The lowest BCUT2D eigenvalue weighted by Gasteiger charge is -2.22. The van der Waals surface area contributed by atoms with Crippen LogP contribution in [0.2, 0.25) is 0 Å². The Balaban J connectivity index is 2.58. The summed E-state index contributed by atoms with van der Waals surface area (Å²) in [5, 5.41) is 19.6. The van der Waals surface area contributed by atoms with Crippen LogP contribution in [0.25, 0.3) is 12.2 Å². The van der Waals surface area contributed by atoms with Crippen LogP contribution in [0.4, 0.5) is 0 Å². The Hall–Kier alpha value is -2.65. The van der Waals surface area contributed by atoms with Crippen molar-refractivity contribution in [2.75, 3.05) is 0 Å². The van der Waals surface area contributed by atoms with Gasteiger partial charge < -0.3 is 10.2 Å². The summed E-state index contributed by atoms with van der Waals surface area (Å²) in [6, 6.07) is 12.5. The van der Waals surface area contributed by atoms with Crippen molar-refractivity contribution in [3.63, 3.8) is 0 Å². The molecule has 0 fully saturated rings. The third kappa shape index (κ3) is 4.25. The van der Waals surface area contributed by atoms with Gasteiger partial charge in [0.05, 0.1) is 0 Å². The molecule has 0 aromatic heterocycles. The molecule has 7 nitrogen and oxygen atoms in total. The van der Waals surface area contributed by atoms with Gasteiger partial charge in [-0.2, -0.15) is 8.42 Å². The van der Waals surface area contributed by atoms with Crippen LogP contribution in [0.5, 0.6) is 11.5 Å². The van der Waals surface area contributed by atoms with Crippen molar-refractivity contribution in [3.05, 3.63) is 71.3 Å². The van der Waals surface area contributed by atoms with Crippen molar-refractivity contribution >= 4 is 22.3 Å². The molecule has 7 N–H and O–H groups in total. The molecule has 0 saturated heterocycles. The van der Waals surface area contributed by atoms with Gasteiger partial charge in [0.2, 0.25) is 4.99 Å². The molecular weight excluding hydrogens is 344 g/mol. The summed E-state index contributed by atoms with van der Waals surface area (Å²) < 4.78 is 32.5. The van der Waals surface area contributed by atoms with Gasteiger partial charge in [0.15, 0.2) is 0 Å². The second-order valence-electron chi connectivity index (χ2n) is 5.32. The quantitative estimate of drug-likeness (QED) is 0.309. The van der Waals surface area contributed by atoms with Gasteiger partial charge in [-0.15, -0.1) is 0 Å². The highest BCUT2D eigenvalue weighted by Crippen LogP contribution is 2.26. The molecule has 132 valence electrons. The zero-order valence-corrected chi connectivity index (χ0v) is 13.9. The first-order valence-corrected chi connectivity index (χ1v) is 8.58. The number of rotatable bonds is 5. The van der Waals surface area contributed by atoms with Crippen LogP contribution < -0.4 is 11.5 Å². The molecule has 0 spiro atoms. The first-order valence-electron chi connectivity index (χ1n) is 7.14. The largest absolute Gasteiger partial charge is 0.507 e. The summed E-state index contributed by atoms with van der Waals surface area (Å²) >= 11 is 0. The van der Waals surface area contributed by atoms with Crippen LogP contribution in [0.15, 0.2) is 60.2 Å². The first-order chi connectivity index (χ1) is 11.6. The van der Waals surface area contributed by atoms with E-state index in [4.69, 9.17) is 11.5 Å². The van der Waals surface area contributed by atoms with Crippen molar-refractivity contribution in [1.82, 2.24) is 0 Å². The Morgan fingerprint density at radius 3 is 1.88 bits per heavy atom. The summed E-state index contributed by atoms with van der Waals surface area (Å²) in [5.41, 5.74) is 11.7. The van der Waals surface area contributed by atoms with Crippen LogP contribution in [0.1, 0.15) is 11.1 Å². The van der Waals surface area contributed by atoms with Crippen LogP contribution >= 0.6 is 0 Å². The molecule has 0 heterocycles. The molecule has 0 unspecified atom stereocenters. The van der Waals surface area contributed by atoms with Crippen molar-refractivity contribution < 1.29 is 23.2 Å². The van der Waals surface area contributed by atoms with Gasteiger partial charge in [-0.3, -0.25) is 16.0 Å². The van der Waals surface area contributed by atoms with Gasteiger partial charge in [-0.1, -0.05) is 48.6 Å². The van der Waals surface area contributed by atoms with Gasteiger partial charge in [-0.25, -0.2) is 0 Å². The highest BCUT2D eigenvalue weighted by atomic mass is 32.2. The van der Waals surface area contributed by atoms with Gasteiger partial charge in [0, 0.05) is 16.7 Å². The minimum Gasteiger partial charge on any atom is -0.507 e. The second kappa shape index (κ2) is 7.08. The van der Waals surface area contributed by atoms with E-state index in [1.54, 1.807) is 30.3 Å². The lowest BCUT2D eigenvalue weighted by molar-refractivity contribution is 0.447. The van der Waals surface area contributed by atoms with Crippen LogP contribution in [0, 0.1) is 0 Å². The number of phenols is 2. The van der Waals surface area contributed by atoms with E-state index < -0.39 is 15.1 Å². The smallest absolute Gasteiger partial charge is 0.302 e. The topological polar surface area (TPSA) is 147 Å². The van der Waals surface area contributed by atoms with Gasteiger partial charge in [-0.05, 0) is 18.2 Å². The van der Waals surface area contributed by atoms with Gasteiger partial charge in [0.1, 0.15) is 11.5 Å². The monoisotopic (exact) mass is 362 g/mol. The fourth-order valence-corrected chi connectivity index (χ4v) is 2.45. The molecule has 2 rings (SSSR count). The number of phenolic OH excluding ortho intramolecular Hbond substituents is 2. The predicted molar refractivity (Wildman–Crippen MR) is 95.9 cm³/mol. The molecule has 2 aromatic rings. The molecule has 0 aliphatic rings. The zero-order valence-electron chi connectivity index (χ0n) is 13.1. The first kappa shape index (κ1) is 18.7. The predicted octanol–water partition coefficient (Wildman–Crippen LogP) is 1.65. The number of aromatic hydroxyl groups is 2. The Labute approximate surface area is 145 Å². The number of hydrogen-bond acceptors (Lipinski definition) is 6. The molecule has 25 heavy (non-hydrogen) atoms. The minimum absolute atomic E-state index is 0.0350. The lowest BCUT2D eigenvalue weighted by atomic mass is 10.1. The summed E-state index contributed by atoms with van der Waals surface area (Å²) in [6.07, 6.45) is 3.87. The average molecular weight is 362 g/mol. The molecule has 8 heteroatoms. The fourth-order valence-electron chi connectivity index (χ4n) is 2.03. The normalized spacial score (nSPS) is 13.3. The summed E-state index contributed by atoms with van der Waals surface area (Å²) in [7, 11) is -4.86. The Bertz CT molecular complexity index is 934. The molecule has 0 aliphatic heterocycles. The molecule has 0 saturated carbocycles. The van der Waals surface area contributed by atoms with Crippen molar-refractivity contribution in [2.24, 2.45) is 11.5 Å². The molecule has 0 atom stereocenters. The zero-order chi connectivity index (χ0) is 18.7. The Morgan fingerprint density at radius 1 is 0.920 bits per heavy atom. The van der Waals surface area contributed by atoms with Crippen LogP contribution in [-0.2, 0) is 10.1 Å². The fraction of sp³-hybridized carbons (Fsp3) is 0.0588. The highest BCUT2D eigenvalue weighted by molar-refractivity contribution is 7.87. The molecule has 0 radical (unpaired) electrons. The second-order valence-corrected chi connectivity index (χ2v) is 6.94.